The standard InChI is InChI=1S/C8H14N2O2.ClH/c1-4-6-10(3,8(9)12)7(11)5-2;/h5H,2,4,6H2,1,3H3,(H-,9,12);1H. The van der Waals surface area contributed by atoms with E-state index in [1.165, 1.54) is 7.05 Å². The molecule has 0 rings (SSSR count). The summed E-state index contributed by atoms with van der Waals surface area (Å²) in [7, 11) is 1.50. The number of imide groups is 1. The number of likely N-dealkylation sites (N-methyl/N-ethyl adjacent to an activating group) is 1. The molecule has 0 aromatic heterocycles. The first kappa shape index (κ1) is 14.6. The maximum Gasteiger partial charge on any atom is 0.421 e. The normalized spacial score (nSPS) is 13.7. The molecule has 0 spiro atoms. The Labute approximate surface area is 84.4 Å². The molecule has 0 saturated carbocycles. The SMILES string of the molecule is C=CC(=O)[N+](C)(CCC)C(N)=O.[Cl-]. The van der Waals surface area contributed by atoms with Crippen LogP contribution in [0.4, 0.5) is 4.79 Å². The van der Waals surface area contributed by atoms with Gasteiger partial charge in [-0.25, -0.2) is 9.59 Å². The number of rotatable bonds is 3. The Bertz CT molecular complexity index is 218. The summed E-state index contributed by atoms with van der Waals surface area (Å²) in [5.41, 5.74) is 5.10. The molecule has 0 aliphatic heterocycles. The van der Waals surface area contributed by atoms with E-state index in [0.29, 0.717) is 6.54 Å². The van der Waals surface area contributed by atoms with Crippen molar-refractivity contribution in [1.82, 2.24) is 0 Å². The van der Waals surface area contributed by atoms with Gasteiger partial charge in [-0.2, -0.15) is 4.48 Å². The zero-order valence-electron chi connectivity index (χ0n) is 7.92. The number of urea groups is 1. The van der Waals surface area contributed by atoms with Crippen molar-refractivity contribution in [2.75, 3.05) is 13.6 Å². The summed E-state index contributed by atoms with van der Waals surface area (Å²) in [6, 6.07) is -0.637. The van der Waals surface area contributed by atoms with Gasteiger partial charge < -0.3 is 18.1 Å². The molecule has 0 aromatic rings. The summed E-state index contributed by atoms with van der Waals surface area (Å²) >= 11 is 0. The molecule has 3 amide bonds. The van der Waals surface area contributed by atoms with Crippen molar-refractivity contribution in [3.8, 4) is 0 Å². The Balaban J connectivity index is 0. The van der Waals surface area contributed by atoms with Crippen LogP contribution in [0.5, 0.6) is 0 Å². The summed E-state index contributed by atoms with van der Waals surface area (Å²) in [4.78, 5) is 22.2. The number of quaternary nitrogens is 1. The lowest BCUT2D eigenvalue weighted by Crippen LogP contribution is -3.00. The van der Waals surface area contributed by atoms with Crippen LogP contribution in [0, 0.1) is 0 Å². The van der Waals surface area contributed by atoms with Crippen molar-refractivity contribution in [2.45, 2.75) is 13.3 Å². The lowest BCUT2D eigenvalue weighted by atomic mass is 10.3. The monoisotopic (exact) mass is 206 g/mol. The molecule has 1 atom stereocenters. The number of hydrogen-bond donors (Lipinski definition) is 1. The minimum atomic E-state index is -0.637. The van der Waals surface area contributed by atoms with E-state index in [9.17, 15) is 9.59 Å². The topological polar surface area (TPSA) is 60.2 Å². The van der Waals surface area contributed by atoms with Gasteiger partial charge in [-0.1, -0.05) is 13.5 Å². The Hall–Kier alpha value is -0.870. The van der Waals surface area contributed by atoms with Gasteiger partial charge >= 0.3 is 11.9 Å². The van der Waals surface area contributed by atoms with Crippen LogP contribution >= 0.6 is 0 Å². The van der Waals surface area contributed by atoms with E-state index in [1.54, 1.807) is 0 Å². The van der Waals surface area contributed by atoms with Gasteiger partial charge in [-0.15, -0.1) is 0 Å². The van der Waals surface area contributed by atoms with Crippen LogP contribution in [0.2, 0.25) is 0 Å². The van der Waals surface area contributed by atoms with Crippen LogP contribution in [-0.4, -0.2) is 30.0 Å². The Morgan fingerprint density at radius 2 is 2.00 bits per heavy atom. The van der Waals surface area contributed by atoms with E-state index in [2.05, 4.69) is 6.58 Å². The average molecular weight is 207 g/mol. The first-order chi connectivity index (χ1) is 5.49. The third-order valence-corrected chi connectivity index (χ3v) is 1.82. The van der Waals surface area contributed by atoms with Crippen LogP contribution in [0.3, 0.4) is 0 Å². The van der Waals surface area contributed by atoms with Crippen molar-refractivity contribution in [2.24, 2.45) is 5.73 Å². The van der Waals surface area contributed by atoms with Crippen LogP contribution < -0.4 is 18.1 Å². The van der Waals surface area contributed by atoms with Crippen molar-refractivity contribution >= 4 is 11.9 Å². The molecular formula is C8H15ClN2O2. The van der Waals surface area contributed by atoms with Crippen molar-refractivity contribution < 1.29 is 26.5 Å². The van der Waals surface area contributed by atoms with Gasteiger partial charge in [0.25, 0.3) is 0 Å². The first-order valence-corrected chi connectivity index (χ1v) is 3.81. The number of nitrogens with zero attached hydrogens (tertiary/aromatic N) is 1. The van der Waals surface area contributed by atoms with Gasteiger partial charge in [-0.05, 0) is 6.42 Å². The number of primary amides is 1. The van der Waals surface area contributed by atoms with Gasteiger partial charge in [0.05, 0.1) is 13.6 Å². The maximum absolute atomic E-state index is 11.2. The van der Waals surface area contributed by atoms with E-state index >= 15 is 0 Å². The molecule has 0 aliphatic carbocycles. The van der Waals surface area contributed by atoms with E-state index in [1.807, 2.05) is 6.92 Å². The molecule has 0 aromatic carbocycles. The molecule has 76 valence electrons. The smallest absolute Gasteiger partial charge is 0.421 e. The molecule has 0 radical (unpaired) electrons. The summed E-state index contributed by atoms with van der Waals surface area (Å²) in [6.07, 6.45) is 1.85. The number of carbonyl (C=O) groups excluding carboxylic acids is 2. The molecular weight excluding hydrogens is 192 g/mol. The van der Waals surface area contributed by atoms with E-state index in [-0.39, 0.29) is 22.8 Å². The molecule has 0 heterocycles. The first-order valence-electron chi connectivity index (χ1n) is 3.81. The second-order valence-corrected chi connectivity index (χ2v) is 2.80. The Morgan fingerprint density at radius 1 is 1.54 bits per heavy atom. The second-order valence-electron chi connectivity index (χ2n) is 2.80. The summed E-state index contributed by atoms with van der Waals surface area (Å²) in [5, 5.41) is 0. The van der Waals surface area contributed by atoms with Gasteiger partial charge in [0.1, 0.15) is 0 Å². The van der Waals surface area contributed by atoms with E-state index < -0.39 is 6.03 Å². The fraction of sp³-hybridized carbons (Fsp3) is 0.500. The van der Waals surface area contributed by atoms with Crippen molar-refractivity contribution in [3.05, 3.63) is 12.7 Å². The number of halogens is 1. The Morgan fingerprint density at radius 3 is 2.23 bits per heavy atom. The quantitative estimate of drug-likeness (QED) is 0.415. The third-order valence-electron chi connectivity index (χ3n) is 1.82. The lowest BCUT2D eigenvalue weighted by Gasteiger charge is -2.24. The molecule has 0 bridgehead atoms. The van der Waals surface area contributed by atoms with Crippen LogP contribution in [-0.2, 0) is 4.79 Å². The predicted octanol–water partition coefficient (Wildman–Crippen LogP) is -2.36. The zero-order valence-corrected chi connectivity index (χ0v) is 8.67. The van der Waals surface area contributed by atoms with Gasteiger partial charge in [0, 0.05) is 6.08 Å². The molecule has 1 unspecified atom stereocenters. The molecule has 0 aliphatic rings. The number of hydrogen-bond acceptors (Lipinski definition) is 2. The molecule has 5 heteroatoms. The fourth-order valence-corrected chi connectivity index (χ4v) is 0.978. The third kappa shape index (κ3) is 3.16. The summed E-state index contributed by atoms with van der Waals surface area (Å²) < 4.78 is -0.389. The van der Waals surface area contributed by atoms with Gasteiger partial charge in [0.2, 0.25) is 0 Å². The highest BCUT2D eigenvalue weighted by molar-refractivity contribution is 5.89. The average Bonchev–Trinajstić information content (AvgIpc) is 2.03. The number of nitrogens with two attached hydrogens (primary N) is 1. The fourth-order valence-electron chi connectivity index (χ4n) is 0.978. The van der Waals surface area contributed by atoms with Crippen LogP contribution in [0.25, 0.3) is 0 Å². The van der Waals surface area contributed by atoms with E-state index in [4.69, 9.17) is 5.73 Å². The van der Waals surface area contributed by atoms with Crippen molar-refractivity contribution in [1.29, 1.82) is 0 Å². The summed E-state index contributed by atoms with van der Waals surface area (Å²) in [5.74, 6) is -0.357. The molecule has 4 nitrogen and oxygen atoms in total. The molecule has 2 N–H and O–H groups in total. The zero-order chi connectivity index (χ0) is 9.78. The second kappa shape index (κ2) is 5.72. The molecule has 0 fully saturated rings. The van der Waals surface area contributed by atoms with E-state index in [0.717, 1.165) is 12.5 Å². The highest BCUT2D eigenvalue weighted by Crippen LogP contribution is 2.05. The van der Waals surface area contributed by atoms with Gasteiger partial charge in [0.15, 0.2) is 0 Å². The minimum Gasteiger partial charge on any atom is -1.00 e. The lowest BCUT2D eigenvalue weighted by molar-refractivity contribution is -0.748. The highest BCUT2D eigenvalue weighted by Gasteiger charge is 2.35. The maximum atomic E-state index is 11.2. The highest BCUT2D eigenvalue weighted by atomic mass is 35.5. The predicted molar refractivity (Wildman–Crippen MR) is 46.1 cm³/mol. The largest absolute Gasteiger partial charge is 1.00 e. The Kier molecular flexibility index (Phi) is 6.44. The van der Waals surface area contributed by atoms with Gasteiger partial charge in [-0.3, -0.25) is 0 Å². The van der Waals surface area contributed by atoms with Crippen LogP contribution in [0.15, 0.2) is 12.7 Å². The number of amides is 3. The number of carbonyl (C=O) groups is 2. The summed E-state index contributed by atoms with van der Waals surface area (Å²) in [6.45, 7) is 5.62. The molecule has 0 saturated heterocycles. The minimum absolute atomic E-state index is 0. The van der Waals surface area contributed by atoms with Crippen molar-refractivity contribution in [3.63, 3.8) is 0 Å². The molecule has 13 heavy (non-hydrogen) atoms. The van der Waals surface area contributed by atoms with Crippen LogP contribution in [0.1, 0.15) is 13.3 Å².